The van der Waals surface area contributed by atoms with Crippen LogP contribution in [0.15, 0.2) is 24.3 Å². The molecule has 0 aliphatic heterocycles. The summed E-state index contributed by atoms with van der Waals surface area (Å²) in [6, 6.07) is 3.77. The molecule has 1 amide bonds. The molecule has 1 aromatic carbocycles. The van der Waals surface area contributed by atoms with Gasteiger partial charge in [0.2, 0.25) is 0 Å². The number of ether oxygens (including phenoxy) is 1. The maximum absolute atomic E-state index is 12.5. The minimum absolute atomic E-state index is 0.154. The molecular weight excluding hydrogens is 315 g/mol. The van der Waals surface area contributed by atoms with Gasteiger partial charge in [-0.1, -0.05) is 12.1 Å². The Morgan fingerprint density at radius 3 is 2.09 bits per heavy atom. The van der Waals surface area contributed by atoms with E-state index in [9.17, 15) is 27.9 Å². The van der Waals surface area contributed by atoms with Gasteiger partial charge in [-0.15, -0.1) is 0 Å². The van der Waals surface area contributed by atoms with Crippen molar-refractivity contribution < 1.29 is 32.6 Å². The molecule has 0 spiro atoms. The van der Waals surface area contributed by atoms with Crippen molar-refractivity contribution in [3.63, 3.8) is 0 Å². The highest BCUT2D eigenvalue weighted by Gasteiger charge is 2.31. The Labute approximate surface area is 131 Å². The van der Waals surface area contributed by atoms with Crippen molar-refractivity contribution in [2.45, 2.75) is 38.5 Å². The standard InChI is InChI=1S/C15H18F3NO4/c1-14(2,3)23-13(22)19-8-11(12(20)21)9-4-6-10(7-5-9)15(16,17)18/h4-7,11H,8H2,1-3H3,(H,19,22)(H,20,21). The van der Waals surface area contributed by atoms with Crippen LogP contribution < -0.4 is 5.32 Å². The molecule has 0 aliphatic carbocycles. The number of amides is 1. The number of halogens is 3. The summed E-state index contributed by atoms with van der Waals surface area (Å²) in [5.41, 5.74) is -1.45. The Hall–Kier alpha value is -2.25. The lowest BCUT2D eigenvalue weighted by Crippen LogP contribution is -2.36. The van der Waals surface area contributed by atoms with Crippen molar-refractivity contribution in [2.75, 3.05) is 6.54 Å². The lowest BCUT2D eigenvalue weighted by atomic mass is 9.98. The van der Waals surface area contributed by atoms with Gasteiger partial charge in [-0.05, 0) is 38.5 Å². The van der Waals surface area contributed by atoms with Crippen molar-refractivity contribution in [1.29, 1.82) is 0 Å². The average molecular weight is 333 g/mol. The first-order valence-corrected chi connectivity index (χ1v) is 6.77. The van der Waals surface area contributed by atoms with Crippen LogP contribution in [0.5, 0.6) is 0 Å². The van der Waals surface area contributed by atoms with Crippen LogP contribution in [-0.4, -0.2) is 29.3 Å². The van der Waals surface area contributed by atoms with E-state index in [2.05, 4.69) is 5.32 Å². The minimum Gasteiger partial charge on any atom is -0.481 e. The first-order chi connectivity index (χ1) is 10.4. The number of carbonyl (C=O) groups excluding carboxylic acids is 1. The molecule has 1 atom stereocenters. The highest BCUT2D eigenvalue weighted by Crippen LogP contribution is 2.30. The largest absolute Gasteiger partial charge is 0.481 e. The Balaban J connectivity index is 2.80. The Morgan fingerprint density at radius 1 is 1.17 bits per heavy atom. The molecule has 23 heavy (non-hydrogen) atoms. The van der Waals surface area contributed by atoms with Gasteiger partial charge in [0.1, 0.15) is 5.60 Å². The molecule has 1 rings (SSSR count). The fraction of sp³-hybridized carbons (Fsp3) is 0.467. The highest BCUT2D eigenvalue weighted by atomic mass is 19.4. The molecule has 2 N–H and O–H groups in total. The topological polar surface area (TPSA) is 75.6 Å². The van der Waals surface area contributed by atoms with Crippen LogP contribution in [0, 0.1) is 0 Å². The number of nitrogens with one attached hydrogen (secondary N) is 1. The summed E-state index contributed by atoms with van der Waals surface area (Å²) < 4.78 is 42.5. The molecular formula is C15H18F3NO4. The minimum atomic E-state index is -4.49. The summed E-state index contributed by atoms with van der Waals surface area (Å²) in [6.45, 7) is 4.65. The van der Waals surface area contributed by atoms with E-state index in [0.717, 1.165) is 24.3 Å². The quantitative estimate of drug-likeness (QED) is 0.885. The molecule has 0 aromatic heterocycles. The van der Waals surface area contributed by atoms with Gasteiger partial charge >= 0.3 is 18.2 Å². The third-order valence-corrected chi connectivity index (χ3v) is 2.79. The van der Waals surface area contributed by atoms with Gasteiger partial charge in [0.15, 0.2) is 0 Å². The van der Waals surface area contributed by atoms with Crippen LogP contribution in [-0.2, 0) is 15.7 Å². The number of carbonyl (C=O) groups is 2. The zero-order chi connectivity index (χ0) is 17.8. The number of hydrogen-bond acceptors (Lipinski definition) is 3. The number of aliphatic carboxylic acids is 1. The van der Waals surface area contributed by atoms with Crippen LogP contribution in [0.2, 0.25) is 0 Å². The number of alkyl carbamates (subject to hydrolysis) is 1. The third-order valence-electron chi connectivity index (χ3n) is 2.79. The van der Waals surface area contributed by atoms with E-state index in [4.69, 9.17) is 4.74 Å². The van der Waals surface area contributed by atoms with Crippen LogP contribution in [0.1, 0.15) is 37.8 Å². The van der Waals surface area contributed by atoms with Gasteiger partial charge in [0, 0.05) is 6.54 Å². The number of benzene rings is 1. The molecule has 0 heterocycles. The average Bonchev–Trinajstić information content (AvgIpc) is 2.35. The van der Waals surface area contributed by atoms with E-state index < -0.39 is 35.3 Å². The maximum Gasteiger partial charge on any atom is 0.416 e. The molecule has 0 bridgehead atoms. The Bertz CT molecular complexity index is 562. The van der Waals surface area contributed by atoms with Crippen LogP contribution in [0.4, 0.5) is 18.0 Å². The maximum atomic E-state index is 12.5. The lowest BCUT2D eigenvalue weighted by molar-refractivity contribution is -0.138. The highest BCUT2D eigenvalue weighted by molar-refractivity contribution is 5.77. The second kappa shape index (κ2) is 6.89. The second-order valence-electron chi connectivity index (χ2n) is 5.89. The SMILES string of the molecule is CC(C)(C)OC(=O)NCC(C(=O)O)c1ccc(C(F)(F)F)cc1. The summed E-state index contributed by atoms with van der Waals surface area (Å²) in [4.78, 5) is 22.8. The Morgan fingerprint density at radius 2 is 1.70 bits per heavy atom. The molecule has 8 heteroatoms. The van der Waals surface area contributed by atoms with E-state index in [1.54, 1.807) is 20.8 Å². The number of alkyl halides is 3. The molecule has 128 valence electrons. The number of hydrogen-bond donors (Lipinski definition) is 2. The van der Waals surface area contributed by atoms with Crippen molar-refractivity contribution in [3.05, 3.63) is 35.4 Å². The molecule has 1 unspecified atom stereocenters. The molecule has 0 radical (unpaired) electrons. The van der Waals surface area contributed by atoms with Crippen LogP contribution >= 0.6 is 0 Å². The van der Waals surface area contributed by atoms with Gasteiger partial charge in [-0.2, -0.15) is 13.2 Å². The summed E-state index contributed by atoms with van der Waals surface area (Å²) in [5.74, 6) is -2.44. The van der Waals surface area contributed by atoms with E-state index >= 15 is 0 Å². The normalized spacial score (nSPS) is 13.3. The molecule has 0 saturated heterocycles. The van der Waals surface area contributed by atoms with Crippen molar-refractivity contribution in [1.82, 2.24) is 5.32 Å². The van der Waals surface area contributed by atoms with Gasteiger partial charge in [-0.3, -0.25) is 4.79 Å². The summed E-state index contributed by atoms with van der Waals surface area (Å²) in [6.07, 6.45) is -5.29. The van der Waals surface area contributed by atoms with E-state index in [1.807, 2.05) is 0 Å². The molecule has 0 fully saturated rings. The van der Waals surface area contributed by atoms with E-state index in [1.165, 1.54) is 0 Å². The van der Waals surface area contributed by atoms with E-state index in [0.29, 0.717) is 0 Å². The third kappa shape index (κ3) is 6.17. The van der Waals surface area contributed by atoms with Crippen molar-refractivity contribution in [2.24, 2.45) is 0 Å². The smallest absolute Gasteiger partial charge is 0.416 e. The number of carboxylic acid groups (broad SMARTS) is 1. The Kier molecular flexibility index (Phi) is 5.63. The van der Waals surface area contributed by atoms with E-state index in [-0.39, 0.29) is 12.1 Å². The number of rotatable bonds is 4. The first-order valence-electron chi connectivity index (χ1n) is 6.77. The summed E-state index contributed by atoms with van der Waals surface area (Å²) >= 11 is 0. The second-order valence-corrected chi connectivity index (χ2v) is 5.89. The monoisotopic (exact) mass is 333 g/mol. The number of carboxylic acids is 1. The fourth-order valence-electron chi connectivity index (χ4n) is 1.75. The summed E-state index contributed by atoms with van der Waals surface area (Å²) in [5, 5.41) is 11.5. The lowest BCUT2D eigenvalue weighted by Gasteiger charge is -2.21. The van der Waals surface area contributed by atoms with Gasteiger partial charge in [0.05, 0.1) is 11.5 Å². The van der Waals surface area contributed by atoms with Gasteiger partial charge in [-0.25, -0.2) is 4.79 Å². The van der Waals surface area contributed by atoms with Gasteiger partial charge in [0.25, 0.3) is 0 Å². The van der Waals surface area contributed by atoms with Crippen molar-refractivity contribution >= 4 is 12.1 Å². The predicted molar refractivity (Wildman–Crippen MR) is 76.1 cm³/mol. The van der Waals surface area contributed by atoms with Crippen LogP contribution in [0.25, 0.3) is 0 Å². The molecule has 0 aliphatic rings. The molecule has 0 saturated carbocycles. The zero-order valence-corrected chi connectivity index (χ0v) is 12.9. The van der Waals surface area contributed by atoms with Gasteiger partial charge < -0.3 is 15.2 Å². The predicted octanol–water partition coefficient (Wildman–Crippen LogP) is 3.40. The van der Waals surface area contributed by atoms with Crippen molar-refractivity contribution in [3.8, 4) is 0 Å². The van der Waals surface area contributed by atoms with Crippen LogP contribution in [0.3, 0.4) is 0 Å². The first kappa shape index (κ1) is 18.8. The fourth-order valence-corrected chi connectivity index (χ4v) is 1.75. The zero-order valence-electron chi connectivity index (χ0n) is 12.9. The molecule has 5 nitrogen and oxygen atoms in total. The summed E-state index contributed by atoms with van der Waals surface area (Å²) in [7, 11) is 0. The molecule has 1 aromatic rings.